The summed E-state index contributed by atoms with van der Waals surface area (Å²) in [4.78, 5) is 18.9. The summed E-state index contributed by atoms with van der Waals surface area (Å²) in [5.41, 5.74) is 2.61. The number of aromatic nitrogens is 1. The Morgan fingerprint density at radius 3 is 2.68 bits per heavy atom. The number of urea groups is 1. The lowest BCUT2D eigenvalue weighted by Gasteiger charge is -2.54. The van der Waals surface area contributed by atoms with Crippen LogP contribution in [0.15, 0.2) is 36.5 Å². The highest BCUT2D eigenvalue weighted by atomic mass is 19.1. The second-order valence-corrected chi connectivity index (χ2v) is 7.32. The Morgan fingerprint density at radius 2 is 2.00 bits per heavy atom. The van der Waals surface area contributed by atoms with Crippen LogP contribution in [0.1, 0.15) is 31.7 Å². The lowest BCUT2D eigenvalue weighted by Crippen LogP contribution is -2.63. The van der Waals surface area contributed by atoms with Crippen molar-refractivity contribution in [1.82, 2.24) is 9.88 Å². The van der Waals surface area contributed by atoms with Crippen molar-refractivity contribution in [2.75, 3.05) is 5.32 Å². The van der Waals surface area contributed by atoms with Crippen LogP contribution in [0.25, 0.3) is 11.3 Å². The molecule has 0 saturated carbocycles. The molecule has 1 aromatic heterocycles. The summed E-state index contributed by atoms with van der Waals surface area (Å²) in [6.45, 7) is 4.08. The number of benzene rings is 1. The summed E-state index contributed by atoms with van der Waals surface area (Å²) in [6, 6.07) is 9.17. The van der Waals surface area contributed by atoms with Crippen LogP contribution in [0.5, 0.6) is 0 Å². The summed E-state index contributed by atoms with van der Waals surface area (Å²) in [6.07, 6.45) is 4.87. The molecule has 25 heavy (non-hydrogen) atoms. The largest absolute Gasteiger partial charge is 0.322 e. The number of piperidine rings is 1. The Kier molecular flexibility index (Phi) is 3.94. The van der Waals surface area contributed by atoms with Crippen molar-refractivity contribution in [2.24, 2.45) is 5.92 Å². The molecule has 4 nitrogen and oxygen atoms in total. The number of nitrogens with one attached hydrogen (secondary N) is 1. The number of nitrogens with zero attached hydrogens (tertiary/aromatic N) is 2. The fourth-order valence-corrected chi connectivity index (χ4v) is 4.22. The van der Waals surface area contributed by atoms with Crippen molar-refractivity contribution < 1.29 is 9.18 Å². The van der Waals surface area contributed by atoms with Crippen LogP contribution in [-0.2, 0) is 0 Å². The molecule has 2 aliphatic rings. The highest BCUT2D eigenvalue weighted by Gasteiger charge is 2.46. The molecule has 1 aromatic carbocycles. The zero-order valence-corrected chi connectivity index (χ0v) is 14.5. The maximum Gasteiger partial charge on any atom is 0.322 e. The van der Waals surface area contributed by atoms with Gasteiger partial charge in [-0.1, -0.05) is 13.0 Å². The van der Waals surface area contributed by atoms with Crippen LogP contribution in [-0.4, -0.2) is 28.0 Å². The molecule has 4 rings (SSSR count). The molecule has 2 saturated heterocycles. The third-order valence-corrected chi connectivity index (χ3v) is 5.41. The minimum atomic E-state index is -0.412. The number of pyridine rings is 1. The van der Waals surface area contributed by atoms with Crippen molar-refractivity contribution in [3.05, 3.63) is 47.9 Å². The Morgan fingerprint density at radius 1 is 1.24 bits per heavy atom. The monoisotopic (exact) mass is 339 g/mol. The number of carbonyl (C=O) groups is 1. The third-order valence-electron chi connectivity index (χ3n) is 5.41. The van der Waals surface area contributed by atoms with Gasteiger partial charge in [0.15, 0.2) is 0 Å². The Hall–Kier alpha value is -2.43. The first-order chi connectivity index (χ1) is 12.0. The molecule has 1 unspecified atom stereocenters. The molecule has 2 aliphatic heterocycles. The van der Waals surface area contributed by atoms with E-state index in [2.05, 4.69) is 17.2 Å². The molecule has 1 N–H and O–H groups in total. The van der Waals surface area contributed by atoms with Crippen molar-refractivity contribution in [2.45, 2.75) is 45.2 Å². The van der Waals surface area contributed by atoms with E-state index in [1.807, 2.05) is 30.0 Å². The second kappa shape index (κ2) is 6.14. The maximum absolute atomic E-state index is 14.4. The van der Waals surface area contributed by atoms with E-state index in [1.165, 1.54) is 6.07 Å². The zero-order chi connectivity index (χ0) is 17.6. The van der Waals surface area contributed by atoms with Gasteiger partial charge in [0, 0.05) is 23.8 Å². The number of carbonyl (C=O) groups excluding carboxylic acids is 1. The van der Waals surface area contributed by atoms with Gasteiger partial charge in [0.2, 0.25) is 0 Å². The minimum Gasteiger partial charge on any atom is -0.318 e. The van der Waals surface area contributed by atoms with Gasteiger partial charge in [-0.25, -0.2) is 9.18 Å². The highest BCUT2D eigenvalue weighted by Crippen LogP contribution is 2.41. The van der Waals surface area contributed by atoms with E-state index >= 15 is 0 Å². The molecule has 0 aliphatic carbocycles. The standard InChI is InChI=1S/C20H22FN3O/c1-12-7-14-10-15(8-12)24(14)20(25)23-19-11-16(13(2)9-17(19)21)18-5-3-4-6-22-18/h3-6,9,11-12,14-15H,7-8,10H2,1-2H3,(H,23,25)/t12-,14-,15?/m1/s1. The molecule has 2 amide bonds. The van der Waals surface area contributed by atoms with Gasteiger partial charge in [-0.3, -0.25) is 4.98 Å². The van der Waals surface area contributed by atoms with E-state index in [1.54, 1.807) is 12.3 Å². The number of halogens is 1. The molecular formula is C20H22FN3O. The van der Waals surface area contributed by atoms with Crippen molar-refractivity contribution in [3.8, 4) is 11.3 Å². The summed E-state index contributed by atoms with van der Waals surface area (Å²) < 4.78 is 14.4. The number of amides is 2. The predicted molar refractivity (Wildman–Crippen MR) is 95.8 cm³/mol. The number of hydrogen-bond acceptors (Lipinski definition) is 2. The molecule has 3 heterocycles. The van der Waals surface area contributed by atoms with Gasteiger partial charge in [-0.2, -0.15) is 0 Å². The molecular weight excluding hydrogens is 317 g/mol. The fraction of sp³-hybridized carbons (Fsp3) is 0.400. The van der Waals surface area contributed by atoms with Gasteiger partial charge >= 0.3 is 6.03 Å². The fourth-order valence-electron chi connectivity index (χ4n) is 4.22. The van der Waals surface area contributed by atoms with Crippen molar-refractivity contribution >= 4 is 11.7 Å². The summed E-state index contributed by atoms with van der Waals surface area (Å²) in [5, 5.41) is 2.78. The lowest BCUT2D eigenvalue weighted by molar-refractivity contribution is -0.00603. The van der Waals surface area contributed by atoms with Gasteiger partial charge in [0.05, 0.1) is 11.4 Å². The first kappa shape index (κ1) is 16.1. The topological polar surface area (TPSA) is 45.2 Å². The summed E-state index contributed by atoms with van der Waals surface area (Å²) >= 11 is 0. The number of rotatable bonds is 2. The molecule has 5 heteroatoms. The van der Waals surface area contributed by atoms with Crippen LogP contribution >= 0.6 is 0 Å². The molecule has 0 radical (unpaired) electrons. The van der Waals surface area contributed by atoms with Gasteiger partial charge in [0.1, 0.15) is 5.82 Å². The Balaban J connectivity index is 1.58. The smallest absolute Gasteiger partial charge is 0.318 e. The van der Waals surface area contributed by atoms with E-state index in [0.29, 0.717) is 18.0 Å². The SMILES string of the molecule is Cc1cc(F)c(NC(=O)N2C3C[C@H](C)C[C@@H]2C3)cc1-c1ccccn1. The van der Waals surface area contributed by atoms with Crippen LogP contribution in [0.4, 0.5) is 14.9 Å². The van der Waals surface area contributed by atoms with Gasteiger partial charge in [-0.05, 0) is 61.9 Å². The van der Waals surface area contributed by atoms with Crippen LogP contribution in [0.3, 0.4) is 0 Å². The number of aryl methyl sites for hydroxylation is 1. The first-order valence-corrected chi connectivity index (χ1v) is 8.84. The third kappa shape index (κ3) is 2.88. The molecule has 2 aromatic rings. The van der Waals surface area contributed by atoms with Crippen molar-refractivity contribution in [3.63, 3.8) is 0 Å². The van der Waals surface area contributed by atoms with E-state index < -0.39 is 5.82 Å². The molecule has 0 spiro atoms. The number of hydrogen-bond donors (Lipinski definition) is 1. The van der Waals surface area contributed by atoms with Crippen molar-refractivity contribution in [1.29, 1.82) is 0 Å². The van der Waals surface area contributed by atoms with Gasteiger partial charge in [-0.15, -0.1) is 0 Å². The molecule has 2 fully saturated rings. The van der Waals surface area contributed by atoms with E-state index in [9.17, 15) is 9.18 Å². The minimum absolute atomic E-state index is 0.192. The highest BCUT2D eigenvalue weighted by molar-refractivity contribution is 5.91. The van der Waals surface area contributed by atoms with Gasteiger partial charge in [0.25, 0.3) is 0 Å². The quantitative estimate of drug-likeness (QED) is 0.869. The molecule has 130 valence electrons. The predicted octanol–water partition coefficient (Wildman–Crippen LogP) is 4.60. The first-order valence-electron chi connectivity index (χ1n) is 8.84. The second-order valence-electron chi connectivity index (χ2n) is 7.32. The van der Waals surface area contributed by atoms with Crippen LogP contribution in [0, 0.1) is 18.7 Å². The van der Waals surface area contributed by atoms with Crippen LogP contribution < -0.4 is 5.32 Å². The normalized spacial score (nSPS) is 24.6. The van der Waals surface area contributed by atoms with E-state index in [0.717, 1.165) is 36.1 Å². The van der Waals surface area contributed by atoms with E-state index in [-0.39, 0.29) is 11.7 Å². The molecule has 2 bridgehead atoms. The van der Waals surface area contributed by atoms with Crippen LogP contribution in [0.2, 0.25) is 0 Å². The van der Waals surface area contributed by atoms with Gasteiger partial charge < -0.3 is 10.2 Å². The average molecular weight is 339 g/mol. The summed E-state index contributed by atoms with van der Waals surface area (Å²) in [5.74, 6) is 0.254. The Labute approximate surface area is 147 Å². The number of fused-ring (bicyclic) bond motifs is 2. The average Bonchev–Trinajstić information content (AvgIpc) is 2.57. The molecule has 3 atom stereocenters. The number of anilines is 1. The van der Waals surface area contributed by atoms with E-state index in [4.69, 9.17) is 0 Å². The zero-order valence-electron chi connectivity index (χ0n) is 14.5. The Bertz CT molecular complexity index is 796. The summed E-state index contributed by atoms with van der Waals surface area (Å²) in [7, 11) is 0. The maximum atomic E-state index is 14.4. The lowest BCUT2D eigenvalue weighted by atomic mass is 9.74.